The van der Waals surface area contributed by atoms with E-state index in [2.05, 4.69) is 26.0 Å². The standard InChI is InChI=1S/C33H42O4/c1-4-6-8-10-24-35-26(3)27-12-14-30(15-13-27)33(34)37-32-22-18-29(19-23-32)28-16-20-31(21-17-28)36-25-11-9-7-5-2/h12-23,26H,4-11,24-25H2,1-3H3. The molecule has 0 N–H and O–H groups in total. The van der Waals surface area contributed by atoms with E-state index in [4.69, 9.17) is 14.2 Å². The average molecular weight is 503 g/mol. The maximum absolute atomic E-state index is 12.6. The maximum Gasteiger partial charge on any atom is 0.343 e. The summed E-state index contributed by atoms with van der Waals surface area (Å²) >= 11 is 0. The van der Waals surface area contributed by atoms with Gasteiger partial charge in [0.1, 0.15) is 11.5 Å². The Labute approximate surface area is 223 Å². The molecular weight excluding hydrogens is 460 g/mol. The zero-order chi connectivity index (χ0) is 26.3. The van der Waals surface area contributed by atoms with Gasteiger partial charge in [-0.15, -0.1) is 0 Å². The molecular formula is C33H42O4. The Morgan fingerprint density at radius 2 is 1.19 bits per heavy atom. The lowest BCUT2D eigenvalue weighted by molar-refractivity contribution is 0.0626. The Bertz CT molecular complexity index is 1040. The van der Waals surface area contributed by atoms with Crippen molar-refractivity contribution in [2.75, 3.05) is 13.2 Å². The third-order valence-corrected chi connectivity index (χ3v) is 6.50. The quantitative estimate of drug-likeness (QED) is 0.111. The number of ether oxygens (including phenoxy) is 3. The lowest BCUT2D eigenvalue weighted by Gasteiger charge is -2.14. The Morgan fingerprint density at radius 1 is 0.649 bits per heavy atom. The van der Waals surface area contributed by atoms with E-state index in [1.54, 1.807) is 12.1 Å². The number of hydrogen-bond donors (Lipinski definition) is 0. The molecule has 3 aromatic carbocycles. The molecule has 0 saturated heterocycles. The molecule has 0 aromatic heterocycles. The summed E-state index contributed by atoms with van der Waals surface area (Å²) in [7, 11) is 0. The predicted molar refractivity (Wildman–Crippen MR) is 151 cm³/mol. The monoisotopic (exact) mass is 502 g/mol. The fourth-order valence-corrected chi connectivity index (χ4v) is 4.12. The van der Waals surface area contributed by atoms with Crippen molar-refractivity contribution >= 4 is 5.97 Å². The first kappa shape index (κ1) is 28.5. The summed E-state index contributed by atoms with van der Waals surface area (Å²) in [6.45, 7) is 7.98. The van der Waals surface area contributed by atoms with Crippen molar-refractivity contribution in [3.8, 4) is 22.6 Å². The number of esters is 1. The van der Waals surface area contributed by atoms with Crippen LogP contribution in [0.25, 0.3) is 11.1 Å². The second kappa shape index (κ2) is 15.9. The summed E-state index contributed by atoms with van der Waals surface area (Å²) < 4.78 is 17.4. The topological polar surface area (TPSA) is 44.8 Å². The van der Waals surface area contributed by atoms with Gasteiger partial charge in [0.2, 0.25) is 0 Å². The van der Waals surface area contributed by atoms with Crippen molar-refractivity contribution in [3.63, 3.8) is 0 Å². The number of benzene rings is 3. The number of rotatable bonds is 16. The molecule has 0 aliphatic carbocycles. The van der Waals surface area contributed by atoms with Crippen LogP contribution in [-0.2, 0) is 4.74 Å². The molecule has 0 fully saturated rings. The Balaban J connectivity index is 1.47. The van der Waals surface area contributed by atoms with Crippen LogP contribution in [0.3, 0.4) is 0 Å². The smallest absolute Gasteiger partial charge is 0.343 e. The Hall–Kier alpha value is -3.11. The molecule has 0 saturated carbocycles. The van der Waals surface area contributed by atoms with E-state index in [-0.39, 0.29) is 12.1 Å². The van der Waals surface area contributed by atoms with E-state index in [1.165, 1.54) is 38.5 Å². The van der Waals surface area contributed by atoms with Crippen molar-refractivity contribution in [2.45, 2.75) is 78.2 Å². The summed E-state index contributed by atoms with van der Waals surface area (Å²) in [4.78, 5) is 12.6. The van der Waals surface area contributed by atoms with Crippen molar-refractivity contribution < 1.29 is 19.0 Å². The Morgan fingerprint density at radius 3 is 1.76 bits per heavy atom. The molecule has 0 heterocycles. The molecule has 3 rings (SSSR count). The fourth-order valence-electron chi connectivity index (χ4n) is 4.12. The molecule has 0 aliphatic rings. The van der Waals surface area contributed by atoms with Crippen LogP contribution in [0.4, 0.5) is 0 Å². The highest BCUT2D eigenvalue weighted by Crippen LogP contribution is 2.25. The van der Waals surface area contributed by atoms with Crippen molar-refractivity contribution in [3.05, 3.63) is 83.9 Å². The third-order valence-electron chi connectivity index (χ3n) is 6.50. The summed E-state index contributed by atoms with van der Waals surface area (Å²) in [5.41, 5.74) is 3.73. The van der Waals surface area contributed by atoms with Gasteiger partial charge in [-0.05, 0) is 72.9 Å². The van der Waals surface area contributed by atoms with Gasteiger partial charge in [-0.3, -0.25) is 0 Å². The fraction of sp³-hybridized carbons (Fsp3) is 0.424. The molecule has 4 nitrogen and oxygen atoms in total. The van der Waals surface area contributed by atoms with Crippen molar-refractivity contribution in [1.82, 2.24) is 0 Å². The number of carbonyl (C=O) groups excluding carboxylic acids is 1. The molecule has 0 spiro atoms. The van der Waals surface area contributed by atoms with Crippen molar-refractivity contribution in [1.29, 1.82) is 0 Å². The van der Waals surface area contributed by atoms with Crippen LogP contribution >= 0.6 is 0 Å². The van der Waals surface area contributed by atoms with Gasteiger partial charge < -0.3 is 14.2 Å². The van der Waals surface area contributed by atoms with Gasteiger partial charge >= 0.3 is 5.97 Å². The number of unbranched alkanes of at least 4 members (excludes halogenated alkanes) is 6. The normalized spacial score (nSPS) is 11.8. The maximum atomic E-state index is 12.6. The van der Waals surface area contributed by atoms with Crippen LogP contribution in [0.5, 0.6) is 11.5 Å². The van der Waals surface area contributed by atoms with Gasteiger partial charge in [-0.1, -0.05) is 88.8 Å². The highest BCUT2D eigenvalue weighted by Gasteiger charge is 2.11. The first-order chi connectivity index (χ1) is 18.1. The summed E-state index contributed by atoms with van der Waals surface area (Å²) in [6.07, 6.45) is 9.56. The molecule has 0 bridgehead atoms. The Kier molecular flexibility index (Phi) is 12.2. The number of hydrogen-bond acceptors (Lipinski definition) is 4. The molecule has 0 amide bonds. The van der Waals surface area contributed by atoms with Crippen LogP contribution in [0.1, 0.15) is 94.2 Å². The first-order valence-corrected chi connectivity index (χ1v) is 13.9. The SMILES string of the molecule is CCCCCCOc1ccc(-c2ccc(OC(=O)c3ccc(C(C)OCCCCCC)cc3)cc2)cc1. The molecule has 0 aliphatic heterocycles. The van der Waals surface area contributed by atoms with E-state index in [1.807, 2.05) is 55.5 Å². The van der Waals surface area contributed by atoms with E-state index >= 15 is 0 Å². The lowest BCUT2D eigenvalue weighted by Crippen LogP contribution is -2.09. The van der Waals surface area contributed by atoms with Gasteiger partial charge in [-0.2, -0.15) is 0 Å². The van der Waals surface area contributed by atoms with Gasteiger partial charge in [0.05, 0.1) is 18.3 Å². The largest absolute Gasteiger partial charge is 0.494 e. The third kappa shape index (κ3) is 9.70. The molecule has 1 unspecified atom stereocenters. The predicted octanol–water partition coefficient (Wildman–Crippen LogP) is 9.19. The molecule has 0 radical (unpaired) electrons. The zero-order valence-corrected chi connectivity index (χ0v) is 22.7. The molecule has 3 aromatic rings. The van der Waals surface area contributed by atoms with Crippen LogP contribution in [-0.4, -0.2) is 19.2 Å². The minimum absolute atomic E-state index is 0.00524. The molecule has 1 atom stereocenters. The minimum Gasteiger partial charge on any atom is -0.494 e. The first-order valence-electron chi connectivity index (χ1n) is 13.9. The molecule has 198 valence electrons. The van der Waals surface area contributed by atoms with E-state index < -0.39 is 0 Å². The molecule has 37 heavy (non-hydrogen) atoms. The zero-order valence-electron chi connectivity index (χ0n) is 22.7. The van der Waals surface area contributed by atoms with E-state index in [9.17, 15) is 4.79 Å². The minimum atomic E-state index is -0.368. The van der Waals surface area contributed by atoms with Crippen molar-refractivity contribution in [2.24, 2.45) is 0 Å². The van der Waals surface area contributed by atoms with Crippen LogP contribution < -0.4 is 9.47 Å². The average Bonchev–Trinajstić information content (AvgIpc) is 2.93. The highest BCUT2D eigenvalue weighted by atomic mass is 16.5. The second-order valence-electron chi connectivity index (χ2n) is 9.54. The van der Waals surface area contributed by atoms with Gasteiger partial charge in [0, 0.05) is 6.61 Å². The number of carbonyl (C=O) groups is 1. The summed E-state index contributed by atoms with van der Waals surface area (Å²) in [5.74, 6) is 1.05. The van der Waals surface area contributed by atoms with Crippen LogP contribution in [0.2, 0.25) is 0 Å². The van der Waals surface area contributed by atoms with Gasteiger partial charge in [0.25, 0.3) is 0 Å². The van der Waals surface area contributed by atoms with Crippen LogP contribution in [0.15, 0.2) is 72.8 Å². The van der Waals surface area contributed by atoms with Crippen LogP contribution in [0, 0.1) is 0 Å². The lowest BCUT2D eigenvalue weighted by atomic mass is 10.1. The van der Waals surface area contributed by atoms with Gasteiger partial charge in [0.15, 0.2) is 0 Å². The van der Waals surface area contributed by atoms with Gasteiger partial charge in [-0.25, -0.2) is 4.79 Å². The summed E-state index contributed by atoms with van der Waals surface area (Å²) in [5, 5.41) is 0. The van der Waals surface area contributed by atoms with E-state index in [0.29, 0.717) is 11.3 Å². The second-order valence-corrected chi connectivity index (χ2v) is 9.54. The highest BCUT2D eigenvalue weighted by molar-refractivity contribution is 5.91. The van der Waals surface area contributed by atoms with E-state index in [0.717, 1.165) is 48.5 Å². The summed E-state index contributed by atoms with van der Waals surface area (Å²) in [6, 6.07) is 23.2. The molecule has 4 heteroatoms.